The van der Waals surface area contributed by atoms with Crippen LogP contribution in [0.15, 0.2) is 59.7 Å². The number of pyridine rings is 2. The Morgan fingerprint density at radius 2 is 1.91 bits per heavy atom. The molecule has 3 rings (SSSR count). The zero-order valence-electron chi connectivity index (χ0n) is 12.9. The van der Waals surface area contributed by atoms with Gasteiger partial charge in [-0.05, 0) is 38.1 Å². The maximum absolute atomic E-state index is 12.7. The zero-order chi connectivity index (χ0) is 16.4. The van der Waals surface area contributed by atoms with Crippen molar-refractivity contribution in [2.45, 2.75) is 20.0 Å². The van der Waals surface area contributed by atoms with Crippen molar-refractivity contribution in [2.75, 3.05) is 0 Å². The molecule has 0 unspecified atom stereocenters. The third-order valence-corrected chi connectivity index (χ3v) is 3.36. The highest BCUT2D eigenvalue weighted by Gasteiger charge is 2.13. The van der Waals surface area contributed by atoms with Crippen LogP contribution in [0.4, 0.5) is 0 Å². The maximum atomic E-state index is 12.7. The average molecular weight is 308 g/mol. The van der Waals surface area contributed by atoms with Crippen LogP contribution in [-0.2, 0) is 4.74 Å². The summed E-state index contributed by atoms with van der Waals surface area (Å²) in [4.78, 5) is 28.9. The summed E-state index contributed by atoms with van der Waals surface area (Å²) in [6.07, 6.45) is 2.88. The van der Waals surface area contributed by atoms with E-state index in [2.05, 4.69) is 4.98 Å². The molecule has 2 aromatic heterocycles. The van der Waals surface area contributed by atoms with Crippen LogP contribution in [-0.4, -0.2) is 21.6 Å². The van der Waals surface area contributed by atoms with Crippen LogP contribution in [0.1, 0.15) is 24.2 Å². The molecule has 0 saturated carbocycles. The van der Waals surface area contributed by atoms with Gasteiger partial charge in [-0.25, -0.2) is 4.79 Å². The van der Waals surface area contributed by atoms with E-state index >= 15 is 0 Å². The molecule has 1 aromatic carbocycles. The number of aromatic nitrogens is 2. The number of hydrogen-bond acceptors (Lipinski definition) is 4. The number of fused-ring (bicyclic) bond motifs is 1. The van der Waals surface area contributed by atoms with Crippen molar-refractivity contribution in [3.05, 3.63) is 70.8 Å². The number of benzene rings is 1. The van der Waals surface area contributed by atoms with Gasteiger partial charge in [-0.15, -0.1) is 0 Å². The predicted molar refractivity (Wildman–Crippen MR) is 87.9 cm³/mol. The van der Waals surface area contributed by atoms with E-state index in [9.17, 15) is 9.59 Å². The minimum Gasteiger partial charge on any atom is -0.459 e. The smallest absolute Gasteiger partial charge is 0.339 e. The van der Waals surface area contributed by atoms with E-state index in [4.69, 9.17) is 4.74 Å². The van der Waals surface area contributed by atoms with Crippen LogP contribution in [0.3, 0.4) is 0 Å². The van der Waals surface area contributed by atoms with Gasteiger partial charge in [0.15, 0.2) is 0 Å². The largest absolute Gasteiger partial charge is 0.459 e. The lowest BCUT2D eigenvalue weighted by molar-refractivity contribution is 0.0377. The summed E-state index contributed by atoms with van der Waals surface area (Å²) in [7, 11) is 0. The van der Waals surface area contributed by atoms with Gasteiger partial charge >= 0.3 is 5.97 Å². The first-order valence-electron chi connectivity index (χ1n) is 7.34. The van der Waals surface area contributed by atoms with Gasteiger partial charge in [0.25, 0.3) is 5.56 Å². The Hall–Kier alpha value is -2.95. The van der Waals surface area contributed by atoms with Crippen LogP contribution in [0.2, 0.25) is 0 Å². The monoisotopic (exact) mass is 308 g/mol. The fraction of sp³-hybridized carbons (Fsp3) is 0.167. The number of esters is 1. The van der Waals surface area contributed by atoms with Crippen LogP contribution >= 0.6 is 0 Å². The molecule has 0 atom stereocenters. The van der Waals surface area contributed by atoms with Crippen LogP contribution < -0.4 is 5.56 Å². The molecule has 0 spiro atoms. The first kappa shape index (κ1) is 15.0. The number of carbonyl (C=O) groups is 1. The molecule has 0 fully saturated rings. The highest BCUT2D eigenvalue weighted by molar-refractivity contribution is 5.93. The van der Waals surface area contributed by atoms with Crippen LogP contribution in [0.5, 0.6) is 0 Å². The number of para-hydroxylation sites is 1. The molecule has 0 bridgehead atoms. The molecule has 0 aliphatic rings. The molecule has 0 amide bonds. The lowest BCUT2D eigenvalue weighted by Crippen LogP contribution is -2.19. The van der Waals surface area contributed by atoms with Gasteiger partial charge < -0.3 is 4.74 Å². The minimum atomic E-state index is -0.482. The van der Waals surface area contributed by atoms with Crippen molar-refractivity contribution in [3.63, 3.8) is 0 Å². The maximum Gasteiger partial charge on any atom is 0.339 e. The van der Waals surface area contributed by atoms with Crippen LogP contribution in [0.25, 0.3) is 16.6 Å². The summed E-state index contributed by atoms with van der Waals surface area (Å²) < 4.78 is 6.68. The molecule has 5 nitrogen and oxygen atoms in total. The third kappa shape index (κ3) is 2.99. The highest BCUT2D eigenvalue weighted by atomic mass is 16.5. The van der Waals surface area contributed by atoms with Crippen molar-refractivity contribution in [1.82, 2.24) is 9.55 Å². The molecule has 0 N–H and O–H groups in total. The Labute approximate surface area is 133 Å². The van der Waals surface area contributed by atoms with Gasteiger partial charge in [0.1, 0.15) is 0 Å². The molecule has 5 heteroatoms. The van der Waals surface area contributed by atoms with Gasteiger partial charge in [-0.1, -0.05) is 18.2 Å². The number of nitrogens with zero attached hydrogens (tertiary/aromatic N) is 2. The van der Waals surface area contributed by atoms with Gasteiger partial charge in [-0.2, -0.15) is 0 Å². The van der Waals surface area contributed by atoms with Gasteiger partial charge in [0.05, 0.1) is 22.6 Å². The Kier molecular flexibility index (Phi) is 3.93. The lowest BCUT2D eigenvalue weighted by Gasteiger charge is -2.09. The Balaban J connectivity index is 2.13. The quantitative estimate of drug-likeness (QED) is 0.698. The Morgan fingerprint density at radius 1 is 1.17 bits per heavy atom. The summed E-state index contributed by atoms with van der Waals surface area (Å²) in [5.74, 6) is -0.482. The number of hydrogen-bond donors (Lipinski definition) is 0. The second kappa shape index (κ2) is 6.04. The summed E-state index contributed by atoms with van der Waals surface area (Å²) in [6.45, 7) is 3.55. The van der Waals surface area contributed by atoms with E-state index in [1.807, 2.05) is 30.3 Å². The van der Waals surface area contributed by atoms with E-state index < -0.39 is 5.97 Å². The first-order chi connectivity index (χ1) is 11.1. The molecule has 0 radical (unpaired) electrons. The van der Waals surface area contributed by atoms with Crippen molar-refractivity contribution in [1.29, 1.82) is 0 Å². The van der Waals surface area contributed by atoms with Crippen molar-refractivity contribution < 1.29 is 9.53 Å². The van der Waals surface area contributed by atoms with Gasteiger partial charge in [-0.3, -0.25) is 14.3 Å². The fourth-order valence-corrected chi connectivity index (χ4v) is 2.31. The van der Waals surface area contributed by atoms with E-state index in [0.717, 1.165) is 5.69 Å². The third-order valence-electron chi connectivity index (χ3n) is 3.36. The van der Waals surface area contributed by atoms with E-state index in [-0.39, 0.29) is 17.2 Å². The SMILES string of the molecule is CC(C)OC(=O)c1cnc2ccn(-c3ccccc3)c(=O)c2c1. The lowest BCUT2D eigenvalue weighted by atomic mass is 10.2. The highest BCUT2D eigenvalue weighted by Crippen LogP contribution is 2.13. The number of ether oxygens (including phenoxy) is 1. The standard InChI is InChI=1S/C18H16N2O3/c1-12(2)23-18(22)13-10-15-16(19-11-13)8-9-20(17(15)21)14-6-4-3-5-7-14/h3-12H,1-2H3. The molecular weight excluding hydrogens is 292 g/mol. The molecule has 0 saturated heterocycles. The molecule has 116 valence electrons. The molecule has 2 heterocycles. The molecule has 3 aromatic rings. The van der Waals surface area contributed by atoms with E-state index in [1.165, 1.54) is 16.8 Å². The second-order valence-corrected chi connectivity index (χ2v) is 5.44. The Bertz CT molecular complexity index is 914. The fourth-order valence-electron chi connectivity index (χ4n) is 2.31. The summed E-state index contributed by atoms with van der Waals surface area (Å²) in [5, 5.41) is 0.384. The summed E-state index contributed by atoms with van der Waals surface area (Å²) in [5.41, 5.74) is 1.35. The van der Waals surface area contributed by atoms with Crippen molar-refractivity contribution >= 4 is 16.9 Å². The minimum absolute atomic E-state index is 0.222. The van der Waals surface area contributed by atoms with E-state index in [1.54, 1.807) is 26.1 Å². The second-order valence-electron chi connectivity index (χ2n) is 5.44. The molecule has 23 heavy (non-hydrogen) atoms. The number of carbonyl (C=O) groups excluding carboxylic acids is 1. The topological polar surface area (TPSA) is 61.2 Å². The molecule has 0 aliphatic heterocycles. The average Bonchev–Trinajstić information content (AvgIpc) is 2.55. The van der Waals surface area contributed by atoms with Gasteiger partial charge in [0.2, 0.25) is 0 Å². The molecule has 0 aliphatic carbocycles. The van der Waals surface area contributed by atoms with Crippen molar-refractivity contribution in [3.8, 4) is 5.69 Å². The summed E-state index contributed by atoms with van der Waals surface area (Å²) >= 11 is 0. The number of rotatable bonds is 3. The Morgan fingerprint density at radius 3 is 2.61 bits per heavy atom. The van der Waals surface area contributed by atoms with Gasteiger partial charge in [0, 0.05) is 18.1 Å². The normalized spacial score (nSPS) is 10.9. The predicted octanol–water partition coefficient (Wildman–Crippen LogP) is 2.95. The first-order valence-corrected chi connectivity index (χ1v) is 7.34. The zero-order valence-corrected chi connectivity index (χ0v) is 12.9. The van der Waals surface area contributed by atoms with E-state index in [0.29, 0.717) is 10.9 Å². The molecular formula is C18H16N2O3. The van der Waals surface area contributed by atoms with Crippen molar-refractivity contribution in [2.24, 2.45) is 0 Å². The van der Waals surface area contributed by atoms with Crippen LogP contribution in [0, 0.1) is 0 Å². The summed E-state index contributed by atoms with van der Waals surface area (Å²) in [6, 6.07) is 12.6.